The zero-order valence-corrected chi connectivity index (χ0v) is 12.8. The molecule has 0 bridgehead atoms. The van der Waals surface area contributed by atoms with Crippen molar-refractivity contribution >= 4 is 16.9 Å². The summed E-state index contributed by atoms with van der Waals surface area (Å²) >= 11 is 0. The van der Waals surface area contributed by atoms with Gasteiger partial charge in [0.2, 0.25) is 0 Å². The number of aryl methyl sites for hydroxylation is 1. The minimum atomic E-state index is -0.787. The lowest BCUT2D eigenvalue weighted by Crippen LogP contribution is -2.36. The quantitative estimate of drug-likeness (QED) is 0.886. The Labute approximate surface area is 125 Å². The number of aromatic nitrogens is 1. The second-order valence-corrected chi connectivity index (χ2v) is 5.50. The maximum Gasteiger partial charge on any atom is 0.317 e. The zero-order chi connectivity index (χ0) is 15.4. The number of rotatable bonds is 6. The largest absolute Gasteiger partial charge is 0.480 e. The Morgan fingerprint density at radius 2 is 2.10 bits per heavy atom. The van der Waals surface area contributed by atoms with Crippen LogP contribution >= 0.6 is 0 Å². The van der Waals surface area contributed by atoms with E-state index >= 15 is 0 Å². The van der Waals surface area contributed by atoms with Crippen LogP contribution in [0.1, 0.15) is 31.5 Å². The predicted octanol–water partition coefficient (Wildman–Crippen LogP) is 3.23. The highest BCUT2D eigenvalue weighted by molar-refractivity contribution is 5.82. The summed E-state index contributed by atoms with van der Waals surface area (Å²) in [6, 6.07) is 10.3. The molecule has 0 saturated heterocycles. The number of para-hydroxylation sites is 1. The molecule has 1 heterocycles. The lowest BCUT2D eigenvalue weighted by atomic mass is 10.1. The van der Waals surface area contributed by atoms with Crippen molar-refractivity contribution in [2.45, 2.75) is 39.8 Å². The molecule has 21 heavy (non-hydrogen) atoms. The van der Waals surface area contributed by atoms with E-state index in [4.69, 9.17) is 5.11 Å². The molecule has 2 aromatic rings. The Hall–Kier alpha value is -1.94. The fraction of sp³-hybridized carbons (Fsp3) is 0.412. The molecule has 1 aromatic carbocycles. The molecule has 0 spiro atoms. The van der Waals surface area contributed by atoms with E-state index in [0.29, 0.717) is 6.54 Å². The van der Waals surface area contributed by atoms with Crippen LogP contribution in [-0.2, 0) is 11.3 Å². The molecule has 1 unspecified atom stereocenters. The van der Waals surface area contributed by atoms with Crippen LogP contribution in [-0.4, -0.2) is 33.5 Å². The maximum absolute atomic E-state index is 11.1. The predicted molar refractivity (Wildman–Crippen MR) is 84.3 cm³/mol. The lowest BCUT2D eigenvalue weighted by molar-refractivity contribution is -0.139. The summed E-state index contributed by atoms with van der Waals surface area (Å²) in [6.45, 7) is 6.81. The van der Waals surface area contributed by atoms with E-state index in [9.17, 15) is 4.79 Å². The monoisotopic (exact) mass is 286 g/mol. The van der Waals surface area contributed by atoms with Crippen LogP contribution < -0.4 is 0 Å². The van der Waals surface area contributed by atoms with Crippen molar-refractivity contribution in [3.05, 3.63) is 41.6 Å². The molecule has 0 amide bonds. The van der Waals surface area contributed by atoms with Crippen molar-refractivity contribution in [3.63, 3.8) is 0 Å². The SMILES string of the molecule is CCC(C)N(CC(=O)O)Cc1cc(C)nc2ccccc12. The highest BCUT2D eigenvalue weighted by atomic mass is 16.4. The van der Waals surface area contributed by atoms with E-state index in [2.05, 4.69) is 24.9 Å². The number of hydrogen-bond donors (Lipinski definition) is 1. The van der Waals surface area contributed by atoms with Crippen molar-refractivity contribution in [1.82, 2.24) is 9.88 Å². The molecule has 0 saturated carbocycles. The molecule has 0 fully saturated rings. The van der Waals surface area contributed by atoms with Crippen molar-refractivity contribution in [3.8, 4) is 0 Å². The summed E-state index contributed by atoms with van der Waals surface area (Å²) in [5.41, 5.74) is 3.06. The highest BCUT2D eigenvalue weighted by Crippen LogP contribution is 2.21. The molecule has 1 aromatic heterocycles. The fourth-order valence-corrected chi connectivity index (χ4v) is 2.54. The minimum Gasteiger partial charge on any atom is -0.480 e. The van der Waals surface area contributed by atoms with Crippen LogP contribution in [0.3, 0.4) is 0 Å². The van der Waals surface area contributed by atoms with Crippen molar-refractivity contribution in [1.29, 1.82) is 0 Å². The molecule has 1 N–H and O–H groups in total. The molecule has 0 aliphatic rings. The standard InChI is InChI=1S/C17H22N2O2/c1-4-13(3)19(11-17(20)21)10-14-9-12(2)18-16-8-6-5-7-15(14)16/h5-9,13H,4,10-11H2,1-3H3,(H,20,21). The Morgan fingerprint density at radius 3 is 2.76 bits per heavy atom. The Kier molecular flexibility index (Phi) is 4.91. The van der Waals surface area contributed by atoms with Gasteiger partial charge in [-0.25, -0.2) is 0 Å². The first kappa shape index (κ1) is 15.4. The summed E-state index contributed by atoms with van der Waals surface area (Å²) in [5, 5.41) is 10.2. The molecule has 4 heteroatoms. The average Bonchev–Trinajstić information content (AvgIpc) is 2.45. The number of carbonyl (C=O) groups is 1. The average molecular weight is 286 g/mol. The maximum atomic E-state index is 11.1. The van der Waals surface area contributed by atoms with Gasteiger partial charge in [-0.15, -0.1) is 0 Å². The van der Waals surface area contributed by atoms with Crippen molar-refractivity contribution in [2.24, 2.45) is 0 Å². The van der Waals surface area contributed by atoms with Gasteiger partial charge in [-0.1, -0.05) is 25.1 Å². The summed E-state index contributed by atoms with van der Waals surface area (Å²) in [5.74, 6) is -0.787. The number of carboxylic acid groups (broad SMARTS) is 1. The summed E-state index contributed by atoms with van der Waals surface area (Å²) in [6.07, 6.45) is 0.926. The van der Waals surface area contributed by atoms with Crippen LogP contribution in [0, 0.1) is 6.92 Å². The second kappa shape index (κ2) is 6.68. The van der Waals surface area contributed by atoms with E-state index < -0.39 is 5.97 Å². The van der Waals surface area contributed by atoms with E-state index in [0.717, 1.165) is 28.6 Å². The van der Waals surface area contributed by atoms with Crippen LogP contribution in [0.15, 0.2) is 30.3 Å². The van der Waals surface area contributed by atoms with Gasteiger partial charge in [0.05, 0.1) is 12.1 Å². The summed E-state index contributed by atoms with van der Waals surface area (Å²) < 4.78 is 0. The van der Waals surface area contributed by atoms with Crippen LogP contribution in [0.5, 0.6) is 0 Å². The van der Waals surface area contributed by atoms with Gasteiger partial charge in [0.1, 0.15) is 0 Å². The first-order valence-corrected chi connectivity index (χ1v) is 7.32. The van der Waals surface area contributed by atoms with Gasteiger partial charge >= 0.3 is 5.97 Å². The molecule has 4 nitrogen and oxygen atoms in total. The number of benzene rings is 1. The third-order valence-electron chi connectivity index (χ3n) is 3.86. The fourth-order valence-electron chi connectivity index (χ4n) is 2.54. The lowest BCUT2D eigenvalue weighted by Gasteiger charge is -2.27. The normalized spacial score (nSPS) is 12.8. The molecule has 0 radical (unpaired) electrons. The Morgan fingerprint density at radius 1 is 1.38 bits per heavy atom. The van der Waals surface area contributed by atoms with Crippen LogP contribution in [0.2, 0.25) is 0 Å². The molecular weight excluding hydrogens is 264 g/mol. The first-order chi connectivity index (χ1) is 10.0. The number of fused-ring (bicyclic) bond motifs is 1. The number of pyridine rings is 1. The zero-order valence-electron chi connectivity index (χ0n) is 12.8. The molecule has 0 aliphatic heterocycles. The number of hydrogen-bond acceptors (Lipinski definition) is 3. The Balaban J connectivity index is 2.38. The second-order valence-electron chi connectivity index (χ2n) is 5.50. The van der Waals surface area contributed by atoms with Gasteiger partial charge in [0, 0.05) is 23.7 Å². The third kappa shape index (κ3) is 3.79. The van der Waals surface area contributed by atoms with E-state index in [1.807, 2.05) is 36.1 Å². The minimum absolute atomic E-state index is 0.0602. The van der Waals surface area contributed by atoms with Gasteiger partial charge in [-0.3, -0.25) is 14.7 Å². The number of carboxylic acids is 1. The molecule has 2 rings (SSSR count). The first-order valence-electron chi connectivity index (χ1n) is 7.32. The number of nitrogens with zero attached hydrogens (tertiary/aromatic N) is 2. The van der Waals surface area contributed by atoms with E-state index in [1.54, 1.807) is 0 Å². The Bertz CT molecular complexity index is 640. The van der Waals surface area contributed by atoms with Gasteiger partial charge in [-0.05, 0) is 38.0 Å². The van der Waals surface area contributed by atoms with Crippen molar-refractivity contribution in [2.75, 3.05) is 6.54 Å². The van der Waals surface area contributed by atoms with Gasteiger partial charge in [0.25, 0.3) is 0 Å². The topological polar surface area (TPSA) is 53.4 Å². The van der Waals surface area contributed by atoms with Crippen LogP contribution in [0.4, 0.5) is 0 Å². The highest BCUT2D eigenvalue weighted by Gasteiger charge is 2.17. The molecule has 0 aliphatic carbocycles. The molecule has 112 valence electrons. The van der Waals surface area contributed by atoms with Gasteiger partial charge in [-0.2, -0.15) is 0 Å². The summed E-state index contributed by atoms with van der Waals surface area (Å²) in [7, 11) is 0. The molecule has 1 atom stereocenters. The van der Waals surface area contributed by atoms with Gasteiger partial charge < -0.3 is 5.11 Å². The van der Waals surface area contributed by atoms with E-state index in [1.165, 1.54) is 0 Å². The smallest absolute Gasteiger partial charge is 0.317 e. The summed E-state index contributed by atoms with van der Waals surface area (Å²) in [4.78, 5) is 17.6. The van der Waals surface area contributed by atoms with Crippen molar-refractivity contribution < 1.29 is 9.90 Å². The van der Waals surface area contributed by atoms with Gasteiger partial charge in [0.15, 0.2) is 0 Å². The van der Waals surface area contributed by atoms with E-state index in [-0.39, 0.29) is 12.6 Å². The third-order valence-corrected chi connectivity index (χ3v) is 3.86. The number of aliphatic carboxylic acids is 1. The van der Waals surface area contributed by atoms with Crippen LogP contribution in [0.25, 0.3) is 10.9 Å². The molecular formula is C17H22N2O2.